The molecule has 2 aromatic rings. The van der Waals surface area contributed by atoms with Gasteiger partial charge in [-0.05, 0) is 54.7 Å². The summed E-state index contributed by atoms with van der Waals surface area (Å²) in [4.78, 5) is 0. The summed E-state index contributed by atoms with van der Waals surface area (Å²) in [5.41, 5.74) is 2.61. The molecule has 2 aromatic carbocycles. The van der Waals surface area contributed by atoms with Gasteiger partial charge in [0.2, 0.25) is 0 Å². The van der Waals surface area contributed by atoms with E-state index in [-0.39, 0.29) is 5.82 Å². The molecule has 0 saturated carbocycles. The lowest BCUT2D eigenvalue weighted by molar-refractivity contribution is 0.304. The van der Waals surface area contributed by atoms with Crippen molar-refractivity contribution in [3.05, 3.63) is 72.1 Å². The van der Waals surface area contributed by atoms with Crippen LogP contribution in [0.3, 0.4) is 0 Å². The lowest BCUT2D eigenvalue weighted by Gasteiger charge is -2.07. The molecule has 0 spiro atoms. The first kappa shape index (κ1) is 16.3. The minimum atomic E-state index is -0.229. The quantitative estimate of drug-likeness (QED) is 0.543. The van der Waals surface area contributed by atoms with Gasteiger partial charge in [0.05, 0.1) is 6.61 Å². The van der Waals surface area contributed by atoms with E-state index in [0.29, 0.717) is 6.61 Å². The summed E-state index contributed by atoms with van der Waals surface area (Å²) < 4.78 is 18.3. The number of rotatable bonds is 9. The molecule has 2 heteroatoms. The maximum atomic E-state index is 12.7. The van der Waals surface area contributed by atoms with Crippen molar-refractivity contribution in [1.82, 2.24) is 0 Å². The van der Waals surface area contributed by atoms with Crippen LogP contribution in [0.5, 0.6) is 5.75 Å². The van der Waals surface area contributed by atoms with Gasteiger partial charge in [0, 0.05) is 0 Å². The highest BCUT2D eigenvalue weighted by atomic mass is 19.1. The number of halogens is 1. The molecule has 22 heavy (non-hydrogen) atoms. The van der Waals surface area contributed by atoms with Gasteiger partial charge in [-0.3, -0.25) is 0 Å². The second kappa shape index (κ2) is 9.04. The molecular formula is C20H23FO. The summed E-state index contributed by atoms with van der Waals surface area (Å²) in [7, 11) is 0. The molecule has 116 valence electrons. The number of hydrogen-bond donors (Lipinski definition) is 0. The number of ether oxygens (including phenoxy) is 1. The zero-order chi connectivity index (χ0) is 15.6. The molecule has 0 unspecified atom stereocenters. The standard InChI is InChI=1S/C20H23FO/c1-2-17-9-6-7-11-18(17)10-5-3-4-8-16-22-20-14-12-19(21)13-15-20/h2,6-7,9,11-15H,1,3-5,8,10,16H2. The normalized spacial score (nSPS) is 10.4. The lowest BCUT2D eigenvalue weighted by Crippen LogP contribution is -1.97. The third-order valence-corrected chi connectivity index (χ3v) is 3.70. The molecule has 0 aliphatic carbocycles. The van der Waals surface area contributed by atoms with Gasteiger partial charge in [-0.15, -0.1) is 0 Å². The smallest absolute Gasteiger partial charge is 0.123 e. The Kier molecular flexibility index (Phi) is 6.69. The summed E-state index contributed by atoms with van der Waals surface area (Å²) >= 11 is 0. The first-order valence-electron chi connectivity index (χ1n) is 7.88. The van der Waals surface area contributed by atoms with Crippen LogP contribution in [0.2, 0.25) is 0 Å². The van der Waals surface area contributed by atoms with E-state index in [4.69, 9.17) is 4.74 Å². The molecule has 2 rings (SSSR count). The topological polar surface area (TPSA) is 9.23 Å². The van der Waals surface area contributed by atoms with Crippen LogP contribution in [0, 0.1) is 5.82 Å². The molecule has 0 aliphatic heterocycles. The lowest BCUT2D eigenvalue weighted by atomic mass is 10.0. The monoisotopic (exact) mass is 298 g/mol. The van der Waals surface area contributed by atoms with Crippen LogP contribution in [0.15, 0.2) is 55.1 Å². The van der Waals surface area contributed by atoms with Gasteiger partial charge in [0.15, 0.2) is 0 Å². The largest absolute Gasteiger partial charge is 0.494 e. The first-order valence-corrected chi connectivity index (χ1v) is 7.88. The molecular weight excluding hydrogens is 275 g/mol. The van der Waals surface area contributed by atoms with Gasteiger partial charge in [-0.1, -0.05) is 49.8 Å². The Bertz CT molecular complexity index is 575. The highest BCUT2D eigenvalue weighted by molar-refractivity contribution is 5.51. The maximum Gasteiger partial charge on any atom is 0.123 e. The SMILES string of the molecule is C=Cc1ccccc1CCCCCCOc1ccc(F)cc1. The Morgan fingerprint density at radius 1 is 0.909 bits per heavy atom. The van der Waals surface area contributed by atoms with Gasteiger partial charge in [0.25, 0.3) is 0 Å². The highest BCUT2D eigenvalue weighted by Gasteiger charge is 1.99. The molecule has 0 fully saturated rings. The van der Waals surface area contributed by atoms with E-state index in [1.807, 2.05) is 12.1 Å². The maximum absolute atomic E-state index is 12.7. The van der Waals surface area contributed by atoms with Crippen molar-refractivity contribution in [3.8, 4) is 5.75 Å². The average Bonchev–Trinajstić information content (AvgIpc) is 2.56. The van der Waals surface area contributed by atoms with Crippen molar-refractivity contribution in [2.75, 3.05) is 6.61 Å². The molecule has 1 nitrogen and oxygen atoms in total. The van der Waals surface area contributed by atoms with Crippen LogP contribution >= 0.6 is 0 Å². The third-order valence-electron chi connectivity index (χ3n) is 3.70. The van der Waals surface area contributed by atoms with E-state index >= 15 is 0 Å². The molecule has 0 amide bonds. The average molecular weight is 298 g/mol. The third kappa shape index (κ3) is 5.36. The van der Waals surface area contributed by atoms with E-state index in [9.17, 15) is 4.39 Å². The summed E-state index contributed by atoms with van der Waals surface area (Å²) in [6.45, 7) is 4.54. The minimum Gasteiger partial charge on any atom is -0.494 e. The molecule has 0 bridgehead atoms. The second-order valence-corrected chi connectivity index (χ2v) is 5.37. The molecule has 0 heterocycles. The zero-order valence-corrected chi connectivity index (χ0v) is 12.9. The minimum absolute atomic E-state index is 0.229. The number of hydrogen-bond acceptors (Lipinski definition) is 1. The molecule has 0 saturated heterocycles. The van der Waals surface area contributed by atoms with E-state index in [2.05, 4.69) is 24.8 Å². The van der Waals surface area contributed by atoms with E-state index in [0.717, 1.165) is 25.0 Å². The molecule has 0 radical (unpaired) electrons. The predicted molar refractivity (Wildman–Crippen MR) is 90.6 cm³/mol. The Balaban J connectivity index is 1.58. The molecule has 0 atom stereocenters. The fraction of sp³-hybridized carbons (Fsp3) is 0.300. The first-order chi connectivity index (χ1) is 10.8. The number of unbranched alkanes of at least 4 members (excludes halogenated alkanes) is 3. The van der Waals surface area contributed by atoms with Gasteiger partial charge < -0.3 is 4.74 Å². The van der Waals surface area contributed by atoms with Crippen molar-refractivity contribution >= 4 is 6.08 Å². The van der Waals surface area contributed by atoms with Crippen molar-refractivity contribution in [2.24, 2.45) is 0 Å². The van der Waals surface area contributed by atoms with Crippen LogP contribution in [0.25, 0.3) is 6.08 Å². The van der Waals surface area contributed by atoms with Crippen molar-refractivity contribution < 1.29 is 9.13 Å². The van der Waals surface area contributed by atoms with Crippen molar-refractivity contribution in [3.63, 3.8) is 0 Å². The molecule has 0 N–H and O–H groups in total. The van der Waals surface area contributed by atoms with Gasteiger partial charge in [-0.25, -0.2) is 4.39 Å². The zero-order valence-electron chi connectivity index (χ0n) is 12.9. The Hall–Kier alpha value is -2.09. The Morgan fingerprint density at radius 3 is 2.41 bits per heavy atom. The molecule has 0 aromatic heterocycles. The summed E-state index contributed by atoms with van der Waals surface area (Å²) in [5, 5.41) is 0. The van der Waals surface area contributed by atoms with Crippen LogP contribution in [0.4, 0.5) is 4.39 Å². The van der Waals surface area contributed by atoms with Gasteiger partial charge >= 0.3 is 0 Å². The predicted octanol–water partition coefficient (Wildman–Crippen LogP) is 5.65. The fourth-order valence-corrected chi connectivity index (χ4v) is 2.45. The highest BCUT2D eigenvalue weighted by Crippen LogP contribution is 2.15. The van der Waals surface area contributed by atoms with Gasteiger partial charge in [0.1, 0.15) is 11.6 Å². The summed E-state index contributed by atoms with van der Waals surface area (Å²) in [6, 6.07) is 14.6. The summed E-state index contributed by atoms with van der Waals surface area (Å²) in [5.74, 6) is 0.508. The van der Waals surface area contributed by atoms with Crippen LogP contribution in [0.1, 0.15) is 36.8 Å². The van der Waals surface area contributed by atoms with Gasteiger partial charge in [-0.2, -0.15) is 0 Å². The van der Waals surface area contributed by atoms with Crippen LogP contribution in [-0.4, -0.2) is 6.61 Å². The van der Waals surface area contributed by atoms with E-state index in [1.165, 1.54) is 36.1 Å². The number of benzene rings is 2. The molecule has 0 aliphatic rings. The van der Waals surface area contributed by atoms with Crippen LogP contribution < -0.4 is 4.74 Å². The van der Waals surface area contributed by atoms with E-state index in [1.54, 1.807) is 12.1 Å². The summed E-state index contributed by atoms with van der Waals surface area (Å²) in [6.07, 6.45) is 7.57. The second-order valence-electron chi connectivity index (χ2n) is 5.37. The Labute approximate surface area is 132 Å². The Morgan fingerprint density at radius 2 is 1.64 bits per heavy atom. The fourth-order valence-electron chi connectivity index (χ4n) is 2.45. The number of aryl methyl sites for hydroxylation is 1. The van der Waals surface area contributed by atoms with Crippen molar-refractivity contribution in [1.29, 1.82) is 0 Å². The van der Waals surface area contributed by atoms with Crippen LogP contribution in [-0.2, 0) is 6.42 Å². The van der Waals surface area contributed by atoms with Crippen molar-refractivity contribution in [2.45, 2.75) is 32.1 Å². The van der Waals surface area contributed by atoms with E-state index < -0.39 is 0 Å².